The van der Waals surface area contributed by atoms with Crippen molar-refractivity contribution in [3.63, 3.8) is 0 Å². The number of hydrogen-bond acceptors (Lipinski definition) is 3. The van der Waals surface area contributed by atoms with Crippen LogP contribution in [0.2, 0.25) is 0 Å². The molecule has 0 bridgehead atoms. The Morgan fingerprint density at radius 1 is 1.44 bits per heavy atom. The smallest absolute Gasteiger partial charge is 0.232 e. The van der Waals surface area contributed by atoms with Crippen molar-refractivity contribution in [1.29, 1.82) is 0 Å². The van der Waals surface area contributed by atoms with Crippen LogP contribution >= 0.6 is 0 Å². The fraction of sp³-hybridized carbons (Fsp3) is 0.385. The van der Waals surface area contributed by atoms with Gasteiger partial charge in [0.15, 0.2) is 0 Å². The van der Waals surface area contributed by atoms with Crippen molar-refractivity contribution in [2.75, 3.05) is 6.54 Å². The van der Waals surface area contributed by atoms with Gasteiger partial charge in [0.2, 0.25) is 11.8 Å². The number of likely N-dealkylation sites (tertiary alicyclic amines) is 1. The maximum atomic E-state index is 13.4. The molecule has 1 heterocycles. The second-order valence-corrected chi connectivity index (χ2v) is 4.49. The highest BCUT2D eigenvalue weighted by atomic mass is 19.1. The van der Waals surface area contributed by atoms with Gasteiger partial charge in [-0.05, 0) is 6.07 Å². The topological polar surface area (TPSA) is 57.6 Å². The number of rotatable bonds is 3. The maximum Gasteiger partial charge on any atom is 0.232 e. The first-order valence-corrected chi connectivity index (χ1v) is 5.77. The molecule has 0 aliphatic carbocycles. The number of imide groups is 1. The van der Waals surface area contributed by atoms with E-state index >= 15 is 0 Å². The average molecular weight is 251 g/mol. The molecule has 5 heteroatoms. The van der Waals surface area contributed by atoms with Gasteiger partial charge in [-0.3, -0.25) is 14.5 Å². The molecule has 1 fully saturated rings. The van der Waals surface area contributed by atoms with E-state index in [-0.39, 0.29) is 36.3 Å². The van der Waals surface area contributed by atoms with Crippen molar-refractivity contribution in [3.8, 4) is 0 Å². The monoisotopic (exact) mass is 251 g/mol. The number of benzene rings is 1. The lowest BCUT2D eigenvalue weighted by Crippen LogP contribution is -2.34. The van der Waals surface area contributed by atoms with E-state index in [9.17, 15) is 19.1 Å². The van der Waals surface area contributed by atoms with Crippen molar-refractivity contribution >= 4 is 11.8 Å². The Morgan fingerprint density at radius 3 is 2.67 bits per heavy atom. The molecule has 2 atom stereocenters. The molecule has 0 spiro atoms. The van der Waals surface area contributed by atoms with Crippen LogP contribution in [0.4, 0.5) is 4.39 Å². The molecule has 2 rings (SSSR count). The molecule has 2 amide bonds. The summed E-state index contributed by atoms with van der Waals surface area (Å²) in [5, 5.41) is 9.90. The second kappa shape index (κ2) is 4.86. The predicted molar refractivity (Wildman–Crippen MR) is 61.9 cm³/mol. The molecular formula is C13H14FNO3. The van der Waals surface area contributed by atoms with Gasteiger partial charge in [-0.25, -0.2) is 4.39 Å². The molecule has 4 nitrogen and oxygen atoms in total. The molecule has 1 aliphatic rings. The number of aliphatic hydroxyl groups is 1. The van der Waals surface area contributed by atoms with Gasteiger partial charge >= 0.3 is 0 Å². The van der Waals surface area contributed by atoms with Gasteiger partial charge in [-0.2, -0.15) is 0 Å². The van der Waals surface area contributed by atoms with Gasteiger partial charge in [-0.1, -0.05) is 25.1 Å². The summed E-state index contributed by atoms with van der Waals surface area (Å²) in [5.74, 6) is -1.53. The van der Waals surface area contributed by atoms with E-state index in [1.165, 1.54) is 18.2 Å². The lowest BCUT2D eigenvalue weighted by atomic mass is 10.1. The van der Waals surface area contributed by atoms with Crippen LogP contribution in [0.25, 0.3) is 0 Å². The first-order valence-electron chi connectivity index (χ1n) is 5.77. The second-order valence-electron chi connectivity index (χ2n) is 4.49. The molecule has 1 saturated heterocycles. The van der Waals surface area contributed by atoms with Crippen LogP contribution in [0.1, 0.15) is 25.0 Å². The number of carbonyl (C=O) groups excluding carboxylic acids is 2. The first kappa shape index (κ1) is 12.7. The molecule has 1 aromatic rings. The summed E-state index contributed by atoms with van der Waals surface area (Å²) in [7, 11) is 0. The Hall–Kier alpha value is -1.75. The van der Waals surface area contributed by atoms with Crippen LogP contribution in [0.3, 0.4) is 0 Å². The summed E-state index contributed by atoms with van der Waals surface area (Å²) in [6.07, 6.45) is -1.03. The highest BCUT2D eigenvalue weighted by molar-refractivity contribution is 6.03. The highest BCUT2D eigenvalue weighted by Crippen LogP contribution is 2.23. The van der Waals surface area contributed by atoms with Crippen molar-refractivity contribution in [3.05, 3.63) is 35.6 Å². The average Bonchev–Trinajstić information content (AvgIpc) is 2.56. The van der Waals surface area contributed by atoms with E-state index in [1.54, 1.807) is 13.0 Å². The number of nitrogens with zero attached hydrogens (tertiary/aromatic N) is 1. The van der Waals surface area contributed by atoms with Gasteiger partial charge in [0.25, 0.3) is 0 Å². The van der Waals surface area contributed by atoms with E-state index in [2.05, 4.69) is 0 Å². The van der Waals surface area contributed by atoms with Gasteiger partial charge in [0.05, 0.1) is 12.6 Å². The number of aliphatic hydroxyl groups excluding tert-OH is 1. The van der Waals surface area contributed by atoms with E-state index in [0.29, 0.717) is 0 Å². The Bertz CT molecular complexity index is 489. The minimum absolute atomic E-state index is 0.0950. The molecular weight excluding hydrogens is 237 g/mol. The quantitative estimate of drug-likeness (QED) is 0.823. The number of halogens is 1. The van der Waals surface area contributed by atoms with Crippen LogP contribution in [0.15, 0.2) is 24.3 Å². The third-order valence-corrected chi connectivity index (χ3v) is 3.09. The summed E-state index contributed by atoms with van der Waals surface area (Å²) >= 11 is 0. The Balaban J connectivity index is 2.13. The van der Waals surface area contributed by atoms with Crippen LogP contribution in [-0.2, 0) is 9.59 Å². The van der Waals surface area contributed by atoms with E-state index in [1.807, 2.05) is 0 Å². The van der Waals surface area contributed by atoms with Crippen molar-refractivity contribution in [2.45, 2.75) is 19.4 Å². The van der Waals surface area contributed by atoms with Crippen LogP contribution in [-0.4, -0.2) is 28.4 Å². The minimum atomic E-state index is -1.19. The summed E-state index contributed by atoms with van der Waals surface area (Å²) in [5.41, 5.74) is 0.0950. The molecule has 1 aliphatic heterocycles. The third-order valence-electron chi connectivity index (χ3n) is 3.09. The van der Waals surface area contributed by atoms with Crippen molar-refractivity contribution in [1.82, 2.24) is 4.90 Å². The largest absolute Gasteiger partial charge is 0.386 e. The fourth-order valence-corrected chi connectivity index (χ4v) is 2.06. The summed E-state index contributed by atoms with van der Waals surface area (Å²) in [4.78, 5) is 24.2. The zero-order valence-corrected chi connectivity index (χ0v) is 9.97. The van der Waals surface area contributed by atoms with Crippen LogP contribution in [0.5, 0.6) is 0 Å². The maximum absolute atomic E-state index is 13.4. The first-order chi connectivity index (χ1) is 8.50. The molecule has 0 aromatic heterocycles. The lowest BCUT2D eigenvalue weighted by molar-refractivity contribution is -0.140. The van der Waals surface area contributed by atoms with E-state index < -0.39 is 11.9 Å². The zero-order chi connectivity index (χ0) is 13.3. The minimum Gasteiger partial charge on any atom is -0.386 e. The summed E-state index contributed by atoms with van der Waals surface area (Å²) in [6.45, 7) is 1.47. The van der Waals surface area contributed by atoms with Crippen LogP contribution in [0, 0.1) is 11.7 Å². The lowest BCUT2D eigenvalue weighted by Gasteiger charge is -2.19. The van der Waals surface area contributed by atoms with Gasteiger partial charge in [0.1, 0.15) is 5.82 Å². The SMILES string of the molecule is CC1CC(=O)N(CC(O)c2ccccc2F)C1=O. The van der Waals surface area contributed by atoms with Crippen LogP contribution < -0.4 is 0 Å². The number of β-amino-alcohol motifs (C(OH)–C–C–N with tert-alkyl or cyclic N) is 1. The Kier molecular flexibility index (Phi) is 3.43. The molecule has 1 N–H and O–H groups in total. The summed E-state index contributed by atoms with van der Waals surface area (Å²) < 4.78 is 13.4. The van der Waals surface area contributed by atoms with Crippen molar-refractivity contribution in [2.24, 2.45) is 5.92 Å². The van der Waals surface area contributed by atoms with Gasteiger partial charge < -0.3 is 5.11 Å². The van der Waals surface area contributed by atoms with Crippen molar-refractivity contribution < 1.29 is 19.1 Å². The number of amides is 2. The number of carbonyl (C=O) groups is 2. The van der Waals surface area contributed by atoms with Gasteiger partial charge in [-0.15, -0.1) is 0 Å². The predicted octanol–water partition coefficient (Wildman–Crippen LogP) is 1.25. The molecule has 0 radical (unpaired) electrons. The van der Waals surface area contributed by atoms with E-state index in [0.717, 1.165) is 4.90 Å². The van der Waals surface area contributed by atoms with E-state index in [4.69, 9.17) is 0 Å². The Morgan fingerprint density at radius 2 is 2.11 bits per heavy atom. The molecule has 2 unspecified atom stereocenters. The molecule has 18 heavy (non-hydrogen) atoms. The molecule has 96 valence electrons. The molecule has 1 aromatic carbocycles. The third kappa shape index (κ3) is 2.26. The van der Waals surface area contributed by atoms with Gasteiger partial charge in [0, 0.05) is 17.9 Å². The zero-order valence-electron chi connectivity index (χ0n) is 9.97. The summed E-state index contributed by atoms with van der Waals surface area (Å²) in [6, 6.07) is 5.78. The fourth-order valence-electron chi connectivity index (χ4n) is 2.06. The standard InChI is InChI=1S/C13H14FNO3/c1-8-6-12(17)15(13(8)18)7-11(16)9-4-2-3-5-10(9)14/h2-5,8,11,16H,6-7H2,1H3. The highest BCUT2D eigenvalue weighted by Gasteiger charge is 2.36. The molecule has 0 saturated carbocycles. The Labute approximate surface area is 104 Å². The normalized spacial score (nSPS) is 21.5. The number of hydrogen-bond donors (Lipinski definition) is 1.